The Morgan fingerprint density at radius 1 is 0.400 bits per heavy atom. The molecular weight excluding hydrogens is 910 g/mol. The van der Waals surface area contributed by atoms with Crippen molar-refractivity contribution in [1.29, 1.82) is 0 Å². The maximum absolute atomic E-state index is 6.46. The van der Waals surface area contributed by atoms with Crippen molar-refractivity contribution in [2.24, 2.45) is 0 Å². The molecule has 2 aromatic heterocycles. The molecule has 13 rings (SSSR count). The molecule has 2 aliphatic heterocycles. The summed E-state index contributed by atoms with van der Waals surface area (Å²) < 4.78 is 8.94. The molecule has 370 valence electrons. The molecule has 0 amide bonds. The minimum Gasteiger partial charge on any atom is -0.456 e. The molecule has 0 bridgehead atoms. The van der Waals surface area contributed by atoms with Gasteiger partial charge in [-0.15, -0.1) is 0 Å². The average Bonchev–Trinajstić information content (AvgIpc) is 3.91. The molecule has 0 radical (unpaired) electrons. The molecule has 11 aromatic rings. The molecular formula is C70H66BN3O. The Morgan fingerprint density at radius 2 is 0.933 bits per heavy atom. The Labute approximate surface area is 443 Å². The van der Waals surface area contributed by atoms with Crippen LogP contribution in [0.1, 0.15) is 101 Å². The van der Waals surface area contributed by atoms with E-state index in [1.807, 2.05) is 0 Å². The smallest absolute Gasteiger partial charge is 0.252 e. The fraction of sp³-hybridized carbons (Fsp3) is 0.229. The largest absolute Gasteiger partial charge is 0.456 e. The van der Waals surface area contributed by atoms with E-state index in [1.165, 1.54) is 122 Å². The Balaban J connectivity index is 1.17. The van der Waals surface area contributed by atoms with E-state index >= 15 is 0 Å². The van der Waals surface area contributed by atoms with Crippen LogP contribution in [0.3, 0.4) is 0 Å². The van der Waals surface area contributed by atoms with Crippen LogP contribution in [0, 0.1) is 27.7 Å². The second-order valence-electron chi connectivity index (χ2n) is 24.9. The standard InChI is InChI=1S/C70H66BN3O/c1-41-32-45(50-26-21-29-63-64(50)52-25-18-20-28-62(52)75-63)33-42(2)66(41)74-59-40-57-53(51-24-17-19-27-56(51)72(57)49-22-15-14-16-23-49)39-55(59)71-54-31-30-46(68(5,6)7)36-58(54)73(60-37-48(70(11,12)13)38-61(74)65(60)71)67-43(3)34-47(35-44(67)4)69(8,9)10/h14-40H,1-13H3. The van der Waals surface area contributed by atoms with Crippen LogP contribution < -0.4 is 26.2 Å². The van der Waals surface area contributed by atoms with Gasteiger partial charge in [-0.2, -0.15) is 0 Å². The van der Waals surface area contributed by atoms with Gasteiger partial charge in [-0.3, -0.25) is 0 Å². The average molecular weight is 976 g/mol. The normalized spacial score (nSPS) is 13.6. The molecule has 0 unspecified atom stereocenters. The molecule has 9 aromatic carbocycles. The number of nitrogens with zero attached hydrogens (tertiary/aromatic N) is 3. The number of rotatable bonds is 4. The number of hydrogen-bond donors (Lipinski definition) is 0. The Bertz CT molecular complexity index is 4140. The molecule has 5 heteroatoms. The summed E-state index contributed by atoms with van der Waals surface area (Å²) in [6.45, 7) is 30.4. The van der Waals surface area contributed by atoms with Crippen molar-refractivity contribution in [2.75, 3.05) is 9.80 Å². The summed E-state index contributed by atoms with van der Waals surface area (Å²) in [6.07, 6.45) is 0. The molecule has 0 atom stereocenters. The molecule has 2 aliphatic rings. The predicted octanol–water partition coefficient (Wildman–Crippen LogP) is 17.6. The summed E-state index contributed by atoms with van der Waals surface area (Å²) in [4.78, 5) is 5.34. The molecule has 0 saturated heterocycles. The zero-order valence-corrected chi connectivity index (χ0v) is 45.9. The molecule has 75 heavy (non-hydrogen) atoms. The summed E-state index contributed by atoms with van der Waals surface area (Å²) in [7, 11) is 0. The summed E-state index contributed by atoms with van der Waals surface area (Å²) in [5.41, 5.74) is 27.9. The van der Waals surface area contributed by atoms with Gasteiger partial charge < -0.3 is 18.8 Å². The number of furan rings is 1. The van der Waals surface area contributed by atoms with Crippen molar-refractivity contribution in [3.05, 3.63) is 203 Å². The quantitative estimate of drug-likeness (QED) is 0.164. The van der Waals surface area contributed by atoms with Gasteiger partial charge in [0.2, 0.25) is 0 Å². The van der Waals surface area contributed by atoms with E-state index in [-0.39, 0.29) is 23.0 Å². The number of anilines is 6. The number of fused-ring (bicyclic) bond motifs is 10. The second-order valence-corrected chi connectivity index (χ2v) is 24.9. The minimum atomic E-state index is -0.171. The number of aromatic nitrogens is 1. The highest BCUT2D eigenvalue weighted by Crippen LogP contribution is 2.51. The number of para-hydroxylation sites is 3. The first-order valence-corrected chi connectivity index (χ1v) is 27.0. The van der Waals surface area contributed by atoms with E-state index in [4.69, 9.17) is 4.42 Å². The number of benzene rings is 9. The lowest BCUT2D eigenvalue weighted by Crippen LogP contribution is -2.61. The van der Waals surface area contributed by atoms with Gasteiger partial charge in [-0.1, -0.05) is 159 Å². The van der Waals surface area contributed by atoms with Gasteiger partial charge in [0.25, 0.3) is 6.71 Å². The minimum absolute atomic E-state index is 0.00689. The lowest BCUT2D eigenvalue weighted by atomic mass is 9.33. The third-order valence-corrected chi connectivity index (χ3v) is 16.6. The highest BCUT2D eigenvalue weighted by atomic mass is 16.3. The first-order valence-electron chi connectivity index (χ1n) is 27.0. The van der Waals surface area contributed by atoms with Crippen molar-refractivity contribution in [3.63, 3.8) is 0 Å². The van der Waals surface area contributed by atoms with Gasteiger partial charge in [-0.25, -0.2) is 0 Å². The van der Waals surface area contributed by atoms with Crippen LogP contribution in [0.4, 0.5) is 34.1 Å². The van der Waals surface area contributed by atoms with Crippen LogP contribution in [-0.4, -0.2) is 11.3 Å². The Hall–Kier alpha value is -7.76. The molecule has 0 saturated carbocycles. The maximum Gasteiger partial charge on any atom is 0.252 e. The van der Waals surface area contributed by atoms with Crippen LogP contribution in [0.2, 0.25) is 0 Å². The molecule has 0 spiro atoms. The summed E-state index contributed by atoms with van der Waals surface area (Å²) >= 11 is 0. The van der Waals surface area contributed by atoms with E-state index in [0.717, 1.165) is 27.6 Å². The van der Waals surface area contributed by atoms with Crippen LogP contribution in [0.25, 0.3) is 60.6 Å². The van der Waals surface area contributed by atoms with Gasteiger partial charge in [0, 0.05) is 50.0 Å². The van der Waals surface area contributed by atoms with E-state index < -0.39 is 0 Å². The zero-order valence-electron chi connectivity index (χ0n) is 45.9. The van der Waals surface area contributed by atoms with E-state index in [2.05, 4.69) is 268 Å². The fourth-order valence-electron chi connectivity index (χ4n) is 12.9. The lowest BCUT2D eigenvalue weighted by Gasteiger charge is -2.46. The van der Waals surface area contributed by atoms with Gasteiger partial charge >= 0.3 is 0 Å². The van der Waals surface area contributed by atoms with Gasteiger partial charge in [0.1, 0.15) is 11.2 Å². The summed E-state index contributed by atoms with van der Waals surface area (Å²) in [5, 5.41) is 4.81. The summed E-state index contributed by atoms with van der Waals surface area (Å²) in [5.74, 6) is 0. The summed E-state index contributed by atoms with van der Waals surface area (Å²) in [6, 6.07) is 62.2. The fourth-order valence-corrected chi connectivity index (χ4v) is 12.9. The predicted molar refractivity (Wildman–Crippen MR) is 323 cm³/mol. The molecule has 0 N–H and O–H groups in total. The number of aryl methyl sites for hydroxylation is 4. The van der Waals surface area contributed by atoms with E-state index in [1.54, 1.807) is 0 Å². The Morgan fingerprint density at radius 3 is 1.57 bits per heavy atom. The van der Waals surface area contributed by atoms with E-state index in [0.29, 0.717) is 0 Å². The molecule has 0 aliphatic carbocycles. The molecule has 4 nitrogen and oxygen atoms in total. The highest BCUT2D eigenvalue weighted by molar-refractivity contribution is 7.00. The van der Waals surface area contributed by atoms with E-state index in [9.17, 15) is 0 Å². The monoisotopic (exact) mass is 976 g/mol. The molecule has 0 fully saturated rings. The van der Waals surface area contributed by atoms with Gasteiger partial charge in [-0.05, 0) is 177 Å². The topological polar surface area (TPSA) is 24.6 Å². The first kappa shape index (κ1) is 47.0. The first-order chi connectivity index (χ1) is 35.8. The van der Waals surface area contributed by atoms with Crippen molar-refractivity contribution in [1.82, 2.24) is 4.57 Å². The third kappa shape index (κ3) is 7.17. The van der Waals surface area contributed by atoms with Crippen LogP contribution in [-0.2, 0) is 16.2 Å². The third-order valence-electron chi connectivity index (χ3n) is 16.6. The second kappa shape index (κ2) is 16.4. The zero-order chi connectivity index (χ0) is 52.2. The van der Waals surface area contributed by atoms with Gasteiger partial charge in [0.05, 0.1) is 22.4 Å². The van der Waals surface area contributed by atoms with Crippen LogP contribution in [0.5, 0.6) is 0 Å². The maximum atomic E-state index is 6.46. The van der Waals surface area contributed by atoms with Crippen LogP contribution in [0.15, 0.2) is 168 Å². The van der Waals surface area contributed by atoms with Gasteiger partial charge in [0.15, 0.2) is 0 Å². The van der Waals surface area contributed by atoms with Crippen LogP contribution >= 0.6 is 0 Å². The SMILES string of the molecule is Cc1cc(C(C)(C)C)cc(C)c1N1c2cc(C(C)(C)C)ccc2B2c3cc4c5ccccc5n(-c5ccccc5)c4cc3N(c3c(C)cc(-c4cccc5oc6ccccc6c45)cc3C)c3cc(C(C)(C)C)cc1c32. The Kier molecular flexibility index (Phi) is 10.3. The van der Waals surface area contributed by atoms with Crippen molar-refractivity contribution in [2.45, 2.75) is 106 Å². The number of hydrogen-bond acceptors (Lipinski definition) is 3. The van der Waals surface area contributed by atoms with Crippen molar-refractivity contribution >= 4 is 101 Å². The van der Waals surface area contributed by atoms with Crippen molar-refractivity contribution in [3.8, 4) is 16.8 Å². The van der Waals surface area contributed by atoms with Crippen molar-refractivity contribution < 1.29 is 4.42 Å². The molecule has 4 heterocycles. The lowest BCUT2D eigenvalue weighted by molar-refractivity contribution is 0.588. The highest BCUT2D eigenvalue weighted by Gasteiger charge is 2.46.